The first kappa shape index (κ1) is 19.7. The summed E-state index contributed by atoms with van der Waals surface area (Å²) >= 11 is 0. The molecule has 0 aliphatic rings. The number of ether oxygens (including phenoxy) is 1. The van der Waals surface area contributed by atoms with Gasteiger partial charge in [-0.1, -0.05) is 35.9 Å². The number of nitrogen functional groups attached to an aromatic ring is 1. The Morgan fingerprint density at radius 1 is 1.14 bits per heavy atom. The number of nitrogens with two attached hydrogens (primary N) is 1. The van der Waals surface area contributed by atoms with Crippen LogP contribution in [-0.2, 0) is 11.2 Å². The highest BCUT2D eigenvalue weighted by Crippen LogP contribution is 2.30. The summed E-state index contributed by atoms with van der Waals surface area (Å²) < 4.78 is 6.04. The summed E-state index contributed by atoms with van der Waals surface area (Å²) in [7, 11) is 0. The molecule has 1 aromatic heterocycles. The van der Waals surface area contributed by atoms with Crippen LogP contribution in [0, 0.1) is 13.8 Å². The number of pyridine rings is 1. The molecule has 0 aliphatic carbocycles. The third-order valence-electron chi connectivity index (χ3n) is 4.51. The van der Waals surface area contributed by atoms with Gasteiger partial charge in [-0.2, -0.15) is 0 Å². The number of aryl methyl sites for hydroxylation is 2. The Bertz CT molecular complexity index is 995. The van der Waals surface area contributed by atoms with Gasteiger partial charge in [0.25, 0.3) is 0 Å². The predicted molar refractivity (Wildman–Crippen MR) is 113 cm³/mol. The summed E-state index contributed by atoms with van der Waals surface area (Å²) in [6, 6.07) is 15.5. The van der Waals surface area contributed by atoms with E-state index in [4.69, 9.17) is 10.5 Å². The van der Waals surface area contributed by atoms with E-state index in [1.807, 2.05) is 76.2 Å². The summed E-state index contributed by atoms with van der Waals surface area (Å²) in [6.07, 6.45) is 0.341. The highest BCUT2D eigenvalue weighted by Gasteiger charge is 2.22. The lowest BCUT2D eigenvalue weighted by molar-refractivity contribution is -0.122. The molecule has 1 amide bonds. The first-order valence-corrected chi connectivity index (χ1v) is 9.39. The Labute approximate surface area is 165 Å². The molecule has 3 aromatic rings. The normalized spacial score (nSPS) is 11.4. The monoisotopic (exact) mass is 377 g/mol. The number of rotatable bonds is 6. The average molecular weight is 377 g/mol. The molecular formula is C23H27N3O2. The molecule has 3 N–H and O–H groups in total. The number of hydrogen-bond acceptors (Lipinski definition) is 4. The molecule has 1 heterocycles. The maximum absolute atomic E-state index is 12.4. The van der Waals surface area contributed by atoms with Crippen LogP contribution in [0.3, 0.4) is 0 Å². The van der Waals surface area contributed by atoms with Crippen LogP contribution < -0.4 is 15.8 Å². The van der Waals surface area contributed by atoms with Gasteiger partial charge in [0.2, 0.25) is 5.91 Å². The molecule has 5 nitrogen and oxygen atoms in total. The van der Waals surface area contributed by atoms with Crippen molar-refractivity contribution in [2.24, 2.45) is 0 Å². The van der Waals surface area contributed by atoms with E-state index in [1.54, 1.807) is 0 Å². The SMILES string of the molecule is Cc1ccc(CC(=O)NC(C)(C)COc2cccc3nc(C)cc(N)c23)cc1. The Balaban J connectivity index is 1.67. The van der Waals surface area contributed by atoms with Crippen LogP contribution in [0.25, 0.3) is 10.9 Å². The number of aromatic nitrogens is 1. The molecule has 0 atom stereocenters. The molecule has 146 valence electrons. The van der Waals surface area contributed by atoms with Gasteiger partial charge in [0.05, 0.1) is 22.9 Å². The van der Waals surface area contributed by atoms with E-state index in [2.05, 4.69) is 10.3 Å². The van der Waals surface area contributed by atoms with Gasteiger partial charge >= 0.3 is 0 Å². The van der Waals surface area contributed by atoms with E-state index in [0.717, 1.165) is 22.2 Å². The van der Waals surface area contributed by atoms with E-state index in [0.29, 0.717) is 24.5 Å². The lowest BCUT2D eigenvalue weighted by Gasteiger charge is -2.27. The fraction of sp³-hybridized carbons (Fsp3) is 0.304. The van der Waals surface area contributed by atoms with E-state index < -0.39 is 5.54 Å². The molecule has 3 rings (SSSR count). The van der Waals surface area contributed by atoms with Crippen molar-refractivity contribution in [3.63, 3.8) is 0 Å². The van der Waals surface area contributed by atoms with Crippen molar-refractivity contribution in [1.82, 2.24) is 10.3 Å². The lowest BCUT2D eigenvalue weighted by Crippen LogP contribution is -2.48. The van der Waals surface area contributed by atoms with Gasteiger partial charge in [0, 0.05) is 11.4 Å². The number of nitrogens with one attached hydrogen (secondary N) is 1. The summed E-state index contributed by atoms with van der Waals surface area (Å²) in [5, 5.41) is 3.85. The first-order valence-electron chi connectivity index (χ1n) is 9.39. The topological polar surface area (TPSA) is 77.2 Å². The van der Waals surface area contributed by atoms with Crippen LogP contribution in [-0.4, -0.2) is 23.0 Å². The summed E-state index contributed by atoms with van der Waals surface area (Å²) in [6.45, 7) is 8.14. The van der Waals surface area contributed by atoms with E-state index in [1.165, 1.54) is 5.56 Å². The maximum atomic E-state index is 12.4. The van der Waals surface area contributed by atoms with Crippen LogP contribution in [0.15, 0.2) is 48.5 Å². The van der Waals surface area contributed by atoms with Crippen LogP contribution in [0.2, 0.25) is 0 Å². The third kappa shape index (κ3) is 4.80. The van der Waals surface area contributed by atoms with Crippen LogP contribution in [0.4, 0.5) is 5.69 Å². The molecule has 0 aliphatic heterocycles. The van der Waals surface area contributed by atoms with Crippen molar-refractivity contribution in [1.29, 1.82) is 0 Å². The predicted octanol–water partition coefficient (Wildman–Crippen LogP) is 3.95. The summed E-state index contributed by atoms with van der Waals surface area (Å²) in [4.78, 5) is 16.9. The Morgan fingerprint density at radius 3 is 2.57 bits per heavy atom. The smallest absolute Gasteiger partial charge is 0.224 e. The van der Waals surface area contributed by atoms with Crippen molar-refractivity contribution in [2.75, 3.05) is 12.3 Å². The number of benzene rings is 2. The number of nitrogens with zero attached hydrogens (tertiary/aromatic N) is 1. The zero-order valence-corrected chi connectivity index (χ0v) is 16.9. The van der Waals surface area contributed by atoms with E-state index in [-0.39, 0.29) is 5.91 Å². The van der Waals surface area contributed by atoms with Gasteiger partial charge in [-0.25, -0.2) is 0 Å². The molecule has 5 heteroatoms. The Kier molecular flexibility index (Phi) is 5.54. The highest BCUT2D eigenvalue weighted by atomic mass is 16.5. The third-order valence-corrected chi connectivity index (χ3v) is 4.51. The zero-order valence-electron chi connectivity index (χ0n) is 16.9. The number of anilines is 1. The van der Waals surface area contributed by atoms with Crippen molar-refractivity contribution < 1.29 is 9.53 Å². The van der Waals surface area contributed by atoms with Crippen molar-refractivity contribution in [3.05, 3.63) is 65.4 Å². The second-order valence-corrected chi connectivity index (χ2v) is 7.89. The lowest BCUT2D eigenvalue weighted by atomic mass is 10.0. The zero-order chi connectivity index (χ0) is 20.3. The summed E-state index contributed by atoms with van der Waals surface area (Å²) in [5.41, 5.74) is 10.1. The van der Waals surface area contributed by atoms with Crippen molar-refractivity contribution in [2.45, 2.75) is 39.7 Å². The summed E-state index contributed by atoms with van der Waals surface area (Å²) in [5.74, 6) is 0.635. The molecule has 0 bridgehead atoms. The molecule has 0 spiro atoms. The van der Waals surface area contributed by atoms with Gasteiger partial charge in [-0.3, -0.25) is 9.78 Å². The maximum Gasteiger partial charge on any atom is 0.224 e. The van der Waals surface area contributed by atoms with Gasteiger partial charge < -0.3 is 15.8 Å². The minimum Gasteiger partial charge on any atom is -0.490 e. The van der Waals surface area contributed by atoms with Crippen LogP contribution in [0.5, 0.6) is 5.75 Å². The van der Waals surface area contributed by atoms with Crippen LogP contribution in [0.1, 0.15) is 30.7 Å². The van der Waals surface area contributed by atoms with Crippen molar-refractivity contribution >= 4 is 22.5 Å². The number of carbonyl (C=O) groups is 1. The van der Waals surface area contributed by atoms with Crippen molar-refractivity contribution in [3.8, 4) is 5.75 Å². The fourth-order valence-corrected chi connectivity index (χ4v) is 3.15. The molecule has 0 radical (unpaired) electrons. The number of fused-ring (bicyclic) bond motifs is 1. The van der Waals surface area contributed by atoms with Crippen LogP contribution >= 0.6 is 0 Å². The fourth-order valence-electron chi connectivity index (χ4n) is 3.15. The standard InChI is InChI=1S/C23H27N3O2/c1-15-8-10-17(11-9-15)13-21(27)26-23(3,4)14-28-20-7-5-6-19-22(20)18(24)12-16(2)25-19/h5-12H,13-14H2,1-4H3,(H2,24,25)(H,26,27). The minimum absolute atomic E-state index is 0.0350. The first-order chi connectivity index (χ1) is 13.2. The molecule has 28 heavy (non-hydrogen) atoms. The quantitative estimate of drug-likeness (QED) is 0.682. The Morgan fingerprint density at radius 2 is 1.86 bits per heavy atom. The van der Waals surface area contributed by atoms with Gasteiger partial charge in [-0.15, -0.1) is 0 Å². The second-order valence-electron chi connectivity index (χ2n) is 7.89. The number of amides is 1. The molecule has 0 saturated carbocycles. The largest absolute Gasteiger partial charge is 0.490 e. The highest BCUT2D eigenvalue weighted by molar-refractivity contribution is 5.95. The second kappa shape index (κ2) is 7.89. The minimum atomic E-state index is -0.531. The Hall–Kier alpha value is -3.08. The van der Waals surface area contributed by atoms with Gasteiger partial charge in [-0.05, 0) is 51.5 Å². The molecule has 2 aromatic carbocycles. The molecular weight excluding hydrogens is 350 g/mol. The van der Waals surface area contributed by atoms with E-state index in [9.17, 15) is 4.79 Å². The van der Waals surface area contributed by atoms with Gasteiger partial charge in [0.15, 0.2) is 0 Å². The number of hydrogen-bond donors (Lipinski definition) is 2. The average Bonchev–Trinajstić information content (AvgIpc) is 2.61. The molecule has 0 fully saturated rings. The molecule has 0 unspecified atom stereocenters. The van der Waals surface area contributed by atoms with Gasteiger partial charge in [0.1, 0.15) is 12.4 Å². The van der Waals surface area contributed by atoms with E-state index >= 15 is 0 Å². The number of carbonyl (C=O) groups excluding carboxylic acids is 1. The molecule has 0 saturated heterocycles.